The van der Waals surface area contributed by atoms with Gasteiger partial charge in [-0.1, -0.05) is 27.2 Å². The van der Waals surface area contributed by atoms with Gasteiger partial charge in [-0.3, -0.25) is 0 Å². The minimum absolute atomic E-state index is 0.253. The highest BCUT2D eigenvalue weighted by molar-refractivity contribution is 4.69. The van der Waals surface area contributed by atoms with Crippen LogP contribution in [-0.4, -0.2) is 24.3 Å². The van der Waals surface area contributed by atoms with Crippen molar-refractivity contribution in [3.05, 3.63) is 0 Å². The molecule has 0 saturated heterocycles. The number of rotatable bonds is 5. The summed E-state index contributed by atoms with van der Waals surface area (Å²) in [5.41, 5.74) is 0. The summed E-state index contributed by atoms with van der Waals surface area (Å²) in [5, 5.41) is 12.1. The van der Waals surface area contributed by atoms with Gasteiger partial charge < -0.3 is 10.4 Å². The monoisotopic (exact) mass is 145 g/mol. The Morgan fingerprint density at radius 3 is 2.30 bits per heavy atom. The summed E-state index contributed by atoms with van der Waals surface area (Å²) >= 11 is 0. The highest BCUT2D eigenvalue weighted by Gasteiger charge is 2.11. The maximum atomic E-state index is 8.90. The number of likely N-dealkylation sites (N-methyl/N-ethyl adjacent to an activating group) is 1. The van der Waals surface area contributed by atoms with Crippen molar-refractivity contribution in [3.8, 4) is 0 Å². The molecule has 2 atom stereocenters. The van der Waals surface area contributed by atoms with Crippen molar-refractivity contribution in [1.82, 2.24) is 5.32 Å². The standard InChI is InChI=1S/C8H19NO/c1-4-7(3)8(6-10)9-5-2/h7-10H,4-6H2,1-3H3. The van der Waals surface area contributed by atoms with Crippen molar-refractivity contribution in [2.75, 3.05) is 13.2 Å². The number of aliphatic hydroxyl groups excluding tert-OH is 1. The van der Waals surface area contributed by atoms with E-state index in [1.807, 2.05) is 0 Å². The lowest BCUT2D eigenvalue weighted by atomic mass is 10.0. The van der Waals surface area contributed by atoms with Crippen LogP contribution in [0.5, 0.6) is 0 Å². The van der Waals surface area contributed by atoms with Gasteiger partial charge in [-0.25, -0.2) is 0 Å². The first-order chi connectivity index (χ1) is 4.76. The van der Waals surface area contributed by atoms with Gasteiger partial charge in [0.25, 0.3) is 0 Å². The van der Waals surface area contributed by atoms with Crippen molar-refractivity contribution in [1.29, 1.82) is 0 Å². The zero-order valence-corrected chi connectivity index (χ0v) is 7.22. The first-order valence-corrected chi connectivity index (χ1v) is 4.10. The molecular formula is C8H19NO. The van der Waals surface area contributed by atoms with Gasteiger partial charge in [-0.2, -0.15) is 0 Å². The zero-order chi connectivity index (χ0) is 7.98. The van der Waals surface area contributed by atoms with E-state index in [-0.39, 0.29) is 12.6 Å². The van der Waals surface area contributed by atoms with Crippen molar-refractivity contribution in [3.63, 3.8) is 0 Å². The molecule has 0 spiro atoms. The number of hydrogen-bond donors (Lipinski definition) is 2. The summed E-state index contributed by atoms with van der Waals surface area (Å²) in [7, 11) is 0. The van der Waals surface area contributed by atoms with Crippen LogP contribution in [0.25, 0.3) is 0 Å². The zero-order valence-electron chi connectivity index (χ0n) is 7.22. The second-order valence-electron chi connectivity index (χ2n) is 2.73. The molecule has 2 unspecified atom stereocenters. The molecule has 62 valence electrons. The van der Waals surface area contributed by atoms with Gasteiger partial charge in [0.2, 0.25) is 0 Å². The maximum absolute atomic E-state index is 8.90. The van der Waals surface area contributed by atoms with E-state index in [0.29, 0.717) is 5.92 Å². The fourth-order valence-electron chi connectivity index (χ4n) is 0.992. The van der Waals surface area contributed by atoms with E-state index in [1.165, 1.54) is 0 Å². The summed E-state index contributed by atoms with van der Waals surface area (Å²) in [5.74, 6) is 0.574. The summed E-state index contributed by atoms with van der Waals surface area (Å²) in [6.07, 6.45) is 1.12. The molecule has 0 aromatic heterocycles. The summed E-state index contributed by atoms with van der Waals surface area (Å²) in [6.45, 7) is 7.55. The molecule has 0 aromatic carbocycles. The molecule has 0 saturated carbocycles. The molecule has 0 amide bonds. The van der Waals surface area contributed by atoms with Crippen LogP contribution in [-0.2, 0) is 0 Å². The molecule has 0 rings (SSSR count). The Hall–Kier alpha value is -0.0800. The average Bonchev–Trinajstić information content (AvgIpc) is 1.99. The SMILES string of the molecule is CCNC(CO)C(C)CC. The van der Waals surface area contributed by atoms with Crippen LogP contribution in [0.1, 0.15) is 27.2 Å². The molecule has 0 radical (unpaired) electrons. The predicted octanol–water partition coefficient (Wildman–Crippen LogP) is 1.00. The summed E-state index contributed by atoms with van der Waals surface area (Å²) in [4.78, 5) is 0. The van der Waals surface area contributed by atoms with Crippen LogP contribution in [0, 0.1) is 5.92 Å². The van der Waals surface area contributed by atoms with E-state index in [0.717, 1.165) is 13.0 Å². The fourth-order valence-corrected chi connectivity index (χ4v) is 0.992. The lowest BCUT2D eigenvalue weighted by Crippen LogP contribution is -2.37. The van der Waals surface area contributed by atoms with Gasteiger partial charge in [0.15, 0.2) is 0 Å². The van der Waals surface area contributed by atoms with E-state index < -0.39 is 0 Å². The fraction of sp³-hybridized carbons (Fsp3) is 1.00. The van der Waals surface area contributed by atoms with Gasteiger partial charge in [-0.15, -0.1) is 0 Å². The first kappa shape index (κ1) is 9.92. The molecule has 0 bridgehead atoms. The molecule has 0 aliphatic heterocycles. The molecular weight excluding hydrogens is 126 g/mol. The molecule has 2 N–H and O–H groups in total. The Balaban J connectivity index is 3.56. The molecule has 0 aliphatic rings. The predicted molar refractivity (Wildman–Crippen MR) is 44.0 cm³/mol. The maximum Gasteiger partial charge on any atom is 0.0587 e. The smallest absolute Gasteiger partial charge is 0.0587 e. The lowest BCUT2D eigenvalue weighted by Gasteiger charge is -2.20. The van der Waals surface area contributed by atoms with Gasteiger partial charge in [0, 0.05) is 6.04 Å². The Bertz CT molecular complexity index is 75.7. The Morgan fingerprint density at radius 2 is 2.00 bits per heavy atom. The lowest BCUT2D eigenvalue weighted by molar-refractivity contribution is 0.204. The highest BCUT2D eigenvalue weighted by Crippen LogP contribution is 2.05. The van der Waals surface area contributed by atoms with Crippen LogP contribution in [0.3, 0.4) is 0 Å². The molecule has 0 heterocycles. The molecule has 10 heavy (non-hydrogen) atoms. The third-order valence-corrected chi connectivity index (χ3v) is 1.99. The average molecular weight is 145 g/mol. The van der Waals surface area contributed by atoms with Crippen LogP contribution in [0.15, 0.2) is 0 Å². The van der Waals surface area contributed by atoms with Crippen molar-refractivity contribution in [2.45, 2.75) is 33.2 Å². The Kier molecular flexibility index (Phi) is 5.64. The Labute approximate surface area is 63.6 Å². The van der Waals surface area contributed by atoms with Crippen molar-refractivity contribution >= 4 is 0 Å². The number of hydrogen-bond acceptors (Lipinski definition) is 2. The normalized spacial score (nSPS) is 16.8. The molecule has 2 heteroatoms. The quantitative estimate of drug-likeness (QED) is 0.605. The van der Waals surface area contributed by atoms with Crippen LogP contribution >= 0.6 is 0 Å². The van der Waals surface area contributed by atoms with E-state index in [1.54, 1.807) is 0 Å². The highest BCUT2D eigenvalue weighted by atomic mass is 16.3. The van der Waals surface area contributed by atoms with Gasteiger partial charge in [0.1, 0.15) is 0 Å². The first-order valence-electron chi connectivity index (χ1n) is 4.10. The van der Waals surface area contributed by atoms with E-state index >= 15 is 0 Å². The molecule has 0 aromatic rings. The third kappa shape index (κ3) is 3.18. The van der Waals surface area contributed by atoms with Gasteiger partial charge in [0.05, 0.1) is 6.61 Å². The second-order valence-corrected chi connectivity index (χ2v) is 2.73. The van der Waals surface area contributed by atoms with Crippen LogP contribution in [0.2, 0.25) is 0 Å². The van der Waals surface area contributed by atoms with Crippen LogP contribution < -0.4 is 5.32 Å². The third-order valence-electron chi connectivity index (χ3n) is 1.99. The molecule has 2 nitrogen and oxygen atoms in total. The summed E-state index contributed by atoms with van der Waals surface area (Å²) in [6, 6.07) is 0.287. The minimum Gasteiger partial charge on any atom is -0.395 e. The van der Waals surface area contributed by atoms with Gasteiger partial charge in [-0.05, 0) is 12.5 Å². The van der Waals surface area contributed by atoms with E-state index in [4.69, 9.17) is 5.11 Å². The molecule has 0 fully saturated rings. The van der Waals surface area contributed by atoms with Gasteiger partial charge >= 0.3 is 0 Å². The number of nitrogens with one attached hydrogen (secondary N) is 1. The number of aliphatic hydroxyl groups is 1. The molecule has 0 aliphatic carbocycles. The topological polar surface area (TPSA) is 32.3 Å². The van der Waals surface area contributed by atoms with Crippen molar-refractivity contribution < 1.29 is 5.11 Å². The van der Waals surface area contributed by atoms with Crippen molar-refractivity contribution in [2.24, 2.45) is 5.92 Å². The minimum atomic E-state index is 0.253. The van der Waals surface area contributed by atoms with E-state index in [9.17, 15) is 0 Å². The summed E-state index contributed by atoms with van der Waals surface area (Å²) < 4.78 is 0. The van der Waals surface area contributed by atoms with E-state index in [2.05, 4.69) is 26.1 Å². The van der Waals surface area contributed by atoms with Crippen LogP contribution in [0.4, 0.5) is 0 Å². The Morgan fingerprint density at radius 1 is 1.40 bits per heavy atom. The largest absolute Gasteiger partial charge is 0.395 e. The second kappa shape index (κ2) is 5.69.